The second-order valence-electron chi connectivity index (χ2n) is 4.08. The van der Waals surface area contributed by atoms with Gasteiger partial charge in [-0.15, -0.1) is 0 Å². The minimum atomic E-state index is -1.21. The van der Waals surface area contributed by atoms with Gasteiger partial charge in [0.2, 0.25) is 0 Å². The lowest BCUT2D eigenvalue weighted by Gasteiger charge is -2.10. The minimum Gasteiger partial charge on any atom is -0.477 e. The highest BCUT2D eigenvalue weighted by Gasteiger charge is 2.13. The van der Waals surface area contributed by atoms with Gasteiger partial charge in [-0.05, 0) is 19.1 Å². The predicted molar refractivity (Wildman–Crippen MR) is 64.7 cm³/mol. The summed E-state index contributed by atoms with van der Waals surface area (Å²) in [6, 6.07) is 2.96. The molecule has 0 amide bonds. The highest BCUT2D eigenvalue weighted by molar-refractivity contribution is 5.87. The van der Waals surface area contributed by atoms with Gasteiger partial charge in [-0.25, -0.2) is 9.78 Å². The van der Waals surface area contributed by atoms with Crippen LogP contribution < -0.4 is 5.56 Å². The number of carbonyl (C=O) groups is 1. The number of imidazole rings is 1. The second-order valence-corrected chi connectivity index (χ2v) is 4.08. The van der Waals surface area contributed by atoms with Crippen molar-refractivity contribution >= 4 is 5.97 Å². The summed E-state index contributed by atoms with van der Waals surface area (Å²) < 4.78 is 3.22. The zero-order chi connectivity index (χ0) is 13.3. The van der Waals surface area contributed by atoms with Gasteiger partial charge in [0.05, 0.1) is 18.6 Å². The Labute approximate surface area is 103 Å². The van der Waals surface area contributed by atoms with Gasteiger partial charge in [-0.2, -0.15) is 0 Å². The van der Waals surface area contributed by atoms with Gasteiger partial charge < -0.3 is 14.2 Å². The summed E-state index contributed by atoms with van der Waals surface area (Å²) in [4.78, 5) is 26.9. The first-order valence-electron chi connectivity index (χ1n) is 5.39. The molecule has 6 heteroatoms. The topological polar surface area (TPSA) is 77.1 Å². The fourth-order valence-corrected chi connectivity index (χ4v) is 1.73. The molecule has 0 fully saturated rings. The average molecular weight is 247 g/mol. The minimum absolute atomic E-state index is 0.220. The van der Waals surface area contributed by atoms with Gasteiger partial charge >= 0.3 is 5.97 Å². The maximum Gasteiger partial charge on any atom is 0.341 e. The van der Waals surface area contributed by atoms with Crippen LogP contribution in [0.15, 0.2) is 29.5 Å². The number of carboxylic acids is 1. The molecule has 0 aliphatic carbocycles. The van der Waals surface area contributed by atoms with E-state index in [0.717, 1.165) is 5.69 Å². The molecule has 0 aliphatic heterocycles. The number of hydrogen-bond donors (Lipinski definition) is 1. The molecule has 94 valence electrons. The molecule has 2 aromatic rings. The monoisotopic (exact) mass is 247 g/mol. The van der Waals surface area contributed by atoms with Crippen LogP contribution >= 0.6 is 0 Å². The van der Waals surface area contributed by atoms with Crippen molar-refractivity contribution in [2.24, 2.45) is 7.05 Å². The van der Waals surface area contributed by atoms with E-state index in [9.17, 15) is 9.59 Å². The van der Waals surface area contributed by atoms with Crippen molar-refractivity contribution in [2.75, 3.05) is 0 Å². The zero-order valence-electron chi connectivity index (χ0n) is 10.1. The largest absolute Gasteiger partial charge is 0.477 e. The van der Waals surface area contributed by atoms with E-state index in [1.807, 2.05) is 7.05 Å². The van der Waals surface area contributed by atoms with Crippen LogP contribution in [0.1, 0.15) is 21.7 Å². The molecule has 0 unspecified atom stereocenters. The Morgan fingerprint density at radius 2 is 2.17 bits per heavy atom. The predicted octanol–water partition coefficient (Wildman–Crippen LogP) is 0.637. The van der Waals surface area contributed by atoms with Crippen LogP contribution in [0.3, 0.4) is 0 Å². The van der Waals surface area contributed by atoms with Crippen molar-refractivity contribution in [1.29, 1.82) is 0 Å². The first-order chi connectivity index (χ1) is 8.50. The number of aromatic nitrogens is 3. The Bertz CT molecular complexity index is 655. The molecule has 0 saturated carbocycles. The number of pyridine rings is 1. The summed E-state index contributed by atoms with van der Waals surface area (Å²) in [7, 11) is 1.82. The van der Waals surface area contributed by atoms with Gasteiger partial charge in [-0.3, -0.25) is 4.79 Å². The van der Waals surface area contributed by atoms with Gasteiger partial charge in [-0.1, -0.05) is 0 Å². The molecule has 6 nitrogen and oxygen atoms in total. The number of nitrogens with zero attached hydrogens (tertiary/aromatic N) is 3. The molecule has 0 radical (unpaired) electrons. The van der Waals surface area contributed by atoms with Crippen LogP contribution in [-0.4, -0.2) is 25.2 Å². The standard InChI is InChI=1S/C12H13N3O3/c1-8-3-4-10(12(17)18)11(16)15(8)6-9-5-13-7-14(9)2/h3-5,7H,6H2,1-2H3,(H,17,18). The van der Waals surface area contributed by atoms with Gasteiger partial charge in [0, 0.05) is 18.9 Å². The van der Waals surface area contributed by atoms with E-state index >= 15 is 0 Å². The lowest BCUT2D eigenvalue weighted by atomic mass is 10.2. The molecule has 0 atom stereocenters. The normalized spacial score (nSPS) is 10.6. The summed E-state index contributed by atoms with van der Waals surface area (Å²) in [6.07, 6.45) is 3.29. The second kappa shape index (κ2) is 4.48. The molecule has 0 aromatic carbocycles. The molecular formula is C12H13N3O3. The van der Waals surface area contributed by atoms with E-state index in [1.165, 1.54) is 10.6 Å². The van der Waals surface area contributed by atoms with Crippen LogP contribution in [0.5, 0.6) is 0 Å². The first-order valence-corrected chi connectivity index (χ1v) is 5.39. The zero-order valence-corrected chi connectivity index (χ0v) is 10.1. The van der Waals surface area contributed by atoms with Crippen LogP contribution in [0, 0.1) is 6.92 Å². The summed E-state index contributed by atoms with van der Waals surface area (Å²) in [6.45, 7) is 2.08. The van der Waals surface area contributed by atoms with Crippen LogP contribution in [-0.2, 0) is 13.6 Å². The lowest BCUT2D eigenvalue weighted by Crippen LogP contribution is -2.28. The first kappa shape index (κ1) is 12.1. The maximum atomic E-state index is 12.0. The fraction of sp³-hybridized carbons (Fsp3) is 0.250. The molecule has 0 spiro atoms. The fourth-order valence-electron chi connectivity index (χ4n) is 1.73. The average Bonchev–Trinajstić information content (AvgIpc) is 2.69. The van der Waals surface area contributed by atoms with E-state index in [2.05, 4.69) is 4.98 Å². The summed E-state index contributed by atoms with van der Waals surface area (Å²) in [5.74, 6) is -1.21. The van der Waals surface area contributed by atoms with E-state index < -0.39 is 11.5 Å². The number of aryl methyl sites for hydroxylation is 2. The van der Waals surface area contributed by atoms with E-state index in [0.29, 0.717) is 12.2 Å². The number of carboxylic acid groups (broad SMARTS) is 1. The molecule has 2 rings (SSSR count). The van der Waals surface area contributed by atoms with Crippen molar-refractivity contribution in [3.8, 4) is 0 Å². The van der Waals surface area contributed by atoms with Gasteiger partial charge in [0.1, 0.15) is 5.56 Å². The number of rotatable bonds is 3. The molecule has 1 N–H and O–H groups in total. The van der Waals surface area contributed by atoms with Crippen molar-refractivity contribution in [2.45, 2.75) is 13.5 Å². The third-order valence-electron chi connectivity index (χ3n) is 2.86. The third kappa shape index (κ3) is 2.04. The Morgan fingerprint density at radius 1 is 1.44 bits per heavy atom. The van der Waals surface area contributed by atoms with Crippen molar-refractivity contribution in [3.63, 3.8) is 0 Å². The Kier molecular flexibility index (Phi) is 3.01. The summed E-state index contributed by atoms with van der Waals surface area (Å²) >= 11 is 0. The van der Waals surface area contributed by atoms with Crippen LogP contribution in [0.4, 0.5) is 0 Å². The van der Waals surface area contributed by atoms with Crippen molar-refractivity contribution in [1.82, 2.24) is 14.1 Å². The third-order valence-corrected chi connectivity index (χ3v) is 2.86. The van der Waals surface area contributed by atoms with E-state index in [4.69, 9.17) is 5.11 Å². The number of aromatic carboxylic acids is 1. The molecule has 2 aromatic heterocycles. The Hall–Kier alpha value is -2.37. The van der Waals surface area contributed by atoms with Crippen LogP contribution in [0.2, 0.25) is 0 Å². The molecule has 18 heavy (non-hydrogen) atoms. The number of hydrogen-bond acceptors (Lipinski definition) is 3. The molecule has 2 heterocycles. The molecule has 0 saturated heterocycles. The molecular weight excluding hydrogens is 234 g/mol. The maximum absolute atomic E-state index is 12.0. The van der Waals surface area contributed by atoms with E-state index in [-0.39, 0.29) is 5.56 Å². The van der Waals surface area contributed by atoms with Crippen molar-refractivity contribution < 1.29 is 9.90 Å². The quantitative estimate of drug-likeness (QED) is 0.863. The van der Waals surface area contributed by atoms with Crippen molar-refractivity contribution in [3.05, 3.63) is 52.0 Å². The Balaban J connectivity index is 2.51. The molecule has 0 bridgehead atoms. The van der Waals surface area contributed by atoms with Gasteiger partial charge in [0.25, 0.3) is 5.56 Å². The summed E-state index contributed by atoms with van der Waals surface area (Å²) in [5.41, 5.74) is 0.834. The Morgan fingerprint density at radius 3 is 2.72 bits per heavy atom. The highest BCUT2D eigenvalue weighted by atomic mass is 16.4. The SMILES string of the molecule is Cc1ccc(C(=O)O)c(=O)n1Cc1cncn1C. The smallest absolute Gasteiger partial charge is 0.341 e. The lowest BCUT2D eigenvalue weighted by molar-refractivity contribution is 0.0694. The van der Waals surface area contributed by atoms with Crippen LogP contribution in [0.25, 0.3) is 0 Å². The highest BCUT2D eigenvalue weighted by Crippen LogP contribution is 2.04. The van der Waals surface area contributed by atoms with Gasteiger partial charge in [0.15, 0.2) is 0 Å². The molecule has 0 aliphatic rings. The van der Waals surface area contributed by atoms with E-state index in [1.54, 1.807) is 30.1 Å². The summed E-state index contributed by atoms with van der Waals surface area (Å²) in [5, 5.41) is 8.93.